The van der Waals surface area contributed by atoms with Crippen molar-refractivity contribution in [2.24, 2.45) is 0 Å². The van der Waals surface area contributed by atoms with Crippen LogP contribution in [0.5, 0.6) is 0 Å². The molecule has 2 rings (SSSR count). The zero-order valence-corrected chi connectivity index (χ0v) is 9.30. The predicted octanol–water partition coefficient (Wildman–Crippen LogP) is 2.85. The molecule has 0 aliphatic rings. The van der Waals surface area contributed by atoms with E-state index >= 15 is 0 Å². The molecular weight excluding hydrogens is 228 g/mol. The molecule has 2 aromatic rings. The monoisotopic (exact) mass is 238 g/mol. The number of pyridine rings is 1. The van der Waals surface area contributed by atoms with Gasteiger partial charge in [0.2, 0.25) is 0 Å². The Morgan fingerprint density at radius 2 is 2.15 bits per heavy atom. The molecule has 3 heteroatoms. The third-order valence-electron chi connectivity index (χ3n) is 2.23. The maximum Gasteiger partial charge on any atom is 0.110 e. The van der Waals surface area contributed by atoms with Crippen LogP contribution < -0.4 is 0 Å². The highest BCUT2D eigenvalue weighted by Crippen LogP contribution is 2.17. The van der Waals surface area contributed by atoms with E-state index in [1.807, 2.05) is 6.92 Å². The number of fused-ring (bicyclic) bond motifs is 1. The van der Waals surface area contributed by atoms with Crippen LogP contribution in [0.15, 0.2) is 18.2 Å². The largest absolute Gasteiger partial charge is 0.301 e. The molecule has 0 unspecified atom stereocenters. The van der Waals surface area contributed by atoms with Crippen LogP contribution >= 0.6 is 15.9 Å². The van der Waals surface area contributed by atoms with Gasteiger partial charge < -0.3 is 4.40 Å². The Morgan fingerprint density at radius 1 is 1.38 bits per heavy atom. The van der Waals surface area contributed by atoms with Crippen LogP contribution in [-0.2, 0) is 5.33 Å². The van der Waals surface area contributed by atoms with E-state index in [1.165, 1.54) is 11.2 Å². The summed E-state index contributed by atoms with van der Waals surface area (Å²) in [6.45, 7) is 4.13. The van der Waals surface area contributed by atoms with E-state index in [0.717, 1.165) is 16.8 Å². The van der Waals surface area contributed by atoms with E-state index in [0.29, 0.717) is 0 Å². The molecule has 0 spiro atoms. The summed E-state index contributed by atoms with van der Waals surface area (Å²) in [7, 11) is 0. The summed E-state index contributed by atoms with van der Waals surface area (Å²) in [4.78, 5) is 4.49. The van der Waals surface area contributed by atoms with Crippen LogP contribution in [0.4, 0.5) is 0 Å². The fraction of sp³-hybridized carbons (Fsp3) is 0.300. The number of aryl methyl sites for hydroxylation is 2. The first-order valence-corrected chi connectivity index (χ1v) is 5.35. The van der Waals surface area contributed by atoms with Crippen LogP contribution in [0.3, 0.4) is 0 Å². The standard InChI is InChI=1S/C10H11BrN2/c1-7-4-3-5-10-9(6-11)12-8(2)13(7)10/h3-5H,6H2,1-2H3. The number of halogens is 1. The van der Waals surface area contributed by atoms with Gasteiger partial charge in [-0.2, -0.15) is 0 Å². The average Bonchev–Trinajstić information content (AvgIpc) is 2.44. The molecule has 0 aliphatic heterocycles. The summed E-state index contributed by atoms with van der Waals surface area (Å²) in [5, 5.41) is 0.813. The molecule has 13 heavy (non-hydrogen) atoms. The molecule has 0 radical (unpaired) electrons. The van der Waals surface area contributed by atoms with Gasteiger partial charge in [0.05, 0.1) is 11.2 Å². The number of nitrogens with zero attached hydrogens (tertiary/aromatic N) is 2. The SMILES string of the molecule is Cc1cccc2c(CBr)nc(C)n12. The summed E-state index contributed by atoms with van der Waals surface area (Å²) in [5.74, 6) is 1.06. The minimum absolute atomic E-state index is 0.813. The summed E-state index contributed by atoms with van der Waals surface area (Å²) >= 11 is 3.44. The molecule has 0 aromatic carbocycles. The third-order valence-corrected chi connectivity index (χ3v) is 2.76. The molecule has 0 aliphatic carbocycles. The van der Waals surface area contributed by atoms with Crippen LogP contribution in [0.25, 0.3) is 5.52 Å². The molecule has 2 nitrogen and oxygen atoms in total. The van der Waals surface area contributed by atoms with Gasteiger partial charge in [-0.1, -0.05) is 22.0 Å². The third kappa shape index (κ3) is 1.27. The van der Waals surface area contributed by atoms with Crippen LogP contribution in [0, 0.1) is 13.8 Å². The Kier molecular flexibility index (Phi) is 2.12. The lowest BCUT2D eigenvalue weighted by molar-refractivity contribution is 0.993. The maximum atomic E-state index is 4.49. The Hall–Kier alpha value is -0.830. The molecule has 0 atom stereocenters. The number of hydrogen-bond donors (Lipinski definition) is 0. The zero-order chi connectivity index (χ0) is 9.42. The second-order valence-corrected chi connectivity index (χ2v) is 3.69. The molecule has 0 amide bonds. The van der Waals surface area contributed by atoms with E-state index in [4.69, 9.17) is 0 Å². The van der Waals surface area contributed by atoms with Gasteiger partial charge in [0.1, 0.15) is 5.82 Å². The lowest BCUT2D eigenvalue weighted by Gasteiger charge is -2.00. The van der Waals surface area contributed by atoms with E-state index in [9.17, 15) is 0 Å². The number of imidazole rings is 1. The minimum Gasteiger partial charge on any atom is -0.301 e. The van der Waals surface area contributed by atoms with Crippen molar-refractivity contribution in [3.8, 4) is 0 Å². The molecule has 68 valence electrons. The number of aromatic nitrogens is 2. The van der Waals surface area contributed by atoms with Crippen LogP contribution in [0.2, 0.25) is 0 Å². The molecular formula is C10H11BrN2. The van der Waals surface area contributed by atoms with Crippen LogP contribution in [-0.4, -0.2) is 9.38 Å². The minimum atomic E-state index is 0.813. The number of hydrogen-bond acceptors (Lipinski definition) is 1. The Balaban J connectivity index is 2.87. The van der Waals surface area contributed by atoms with Gasteiger partial charge in [-0.15, -0.1) is 0 Å². The first kappa shape index (κ1) is 8.75. The van der Waals surface area contributed by atoms with Crippen molar-refractivity contribution < 1.29 is 0 Å². The molecule has 0 saturated carbocycles. The molecule has 0 fully saturated rings. The smallest absolute Gasteiger partial charge is 0.110 e. The predicted molar refractivity (Wildman–Crippen MR) is 57.3 cm³/mol. The lowest BCUT2D eigenvalue weighted by atomic mass is 10.3. The van der Waals surface area contributed by atoms with Crippen molar-refractivity contribution in [1.82, 2.24) is 9.38 Å². The first-order chi connectivity index (χ1) is 6.24. The van der Waals surface area contributed by atoms with Gasteiger partial charge in [-0.05, 0) is 26.0 Å². The van der Waals surface area contributed by atoms with Gasteiger partial charge >= 0.3 is 0 Å². The summed E-state index contributed by atoms with van der Waals surface area (Å²) in [6.07, 6.45) is 0. The van der Waals surface area contributed by atoms with Crippen molar-refractivity contribution >= 4 is 21.4 Å². The zero-order valence-electron chi connectivity index (χ0n) is 7.71. The fourth-order valence-corrected chi connectivity index (χ4v) is 2.09. The van der Waals surface area contributed by atoms with Crippen molar-refractivity contribution in [1.29, 1.82) is 0 Å². The highest BCUT2D eigenvalue weighted by molar-refractivity contribution is 9.08. The van der Waals surface area contributed by atoms with Crippen molar-refractivity contribution in [3.63, 3.8) is 0 Å². The summed E-state index contributed by atoms with van der Waals surface area (Å²) < 4.78 is 2.18. The van der Waals surface area contributed by atoms with Gasteiger partial charge in [0, 0.05) is 11.0 Å². The van der Waals surface area contributed by atoms with Gasteiger partial charge in [0.15, 0.2) is 0 Å². The first-order valence-electron chi connectivity index (χ1n) is 4.23. The lowest BCUT2D eigenvalue weighted by Crippen LogP contribution is -1.92. The topological polar surface area (TPSA) is 17.3 Å². The van der Waals surface area contributed by atoms with E-state index in [1.54, 1.807) is 0 Å². The Bertz CT molecular complexity index is 445. The van der Waals surface area contributed by atoms with Crippen molar-refractivity contribution in [3.05, 3.63) is 35.4 Å². The molecule has 0 bridgehead atoms. The van der Waals surface area contributed by atoms with Gasteiger partial charge in [-0.25, -0.2) is 4.98 Å². The summed E-state index contributed by atoms with van der Waals surface area (Å²) in [5.41, 5.74) is 3.55. The normalized spacial score (nSPS) is 11.0. The molecule has 2 aromatic heterocycles. The van der Waals surface area contributed by atoms with Gasteiger partial charge in [-0.3, -0.25) is 0 Å². The average molecular weight is 239 g/mol. The van der Waals surface area contributed by atoms with Crippen molar-refractivity contribution in [2.75, 3.05) is 0 Å². The Labute approximate surface area is 85.7 Å². The number of alkyl halides is 1. The fourth-order valence-electron chi connectivity index (χ4n) is 1.67. The molecule has 0 saturated heterocycles. The molecule has 2 heterocycles. The van der Waals surface area contributed by atoms with E-state index in [-0.39, 0.29) is 0 Å². The maximum absolute atomic E-state index is 4.49. The quantitative estimate of drug-likeness (QED) is 0.699. The Morgan fingerprint density at radius 3 is 2.85 bits per heavy atom. The van der Waals surface area contributed by atoms with E-state index in [2.05, 4.69) is 50.4 Å². The van der Waals surface area contributed by atoms with Crippen molar-refractivity contribution in [2.45, 2.75) is 19.2 Å². The summed E-state index contributed by atoms with van der Waals surface area (Å²) in [6, 6.07) is 6.27. The van der Waals surface area contributed by atoms with Gasteiger partial charge in [0.25, 0.3) is 0 Å². The van der Waals surface area contributed by atoms with E-state index < -0.39 is 0 Å². The van der Waals surface area contributed by atoms with Crippen LogP contribution in [0.1, 0.15) is 17.2 Å². The highest BCUT2D eigenvalue weighted by Gasteiger charge is 2.07. The second kappa shape index (κ2) is 3.14. The highest BCUT2D eigenvalue weighted by atomic mass is 79.9. The molecule has 0 N–H and O–H groups in total. The number of rotatable bonds is 1. The second-order valence-electron chi connectivity index (χ2n) is 3.13.